The predicted molar refractivity (Wildman–Crippen MR) is 127 cm³/mol. The fraction of sp³-hybridized carbons (Fsp3) is 0.345. The van der Waals surface area contributed by atoms with Crippen molar-refractivity contribution in [3.05, 3.63) is 89.7 Å². The van der Waals surface area contributed by atoms with Crippen LogP contribution in [0.4, 0.5) is 0 Å². The van der Waals surface area contributed by atoms with Gasteiger partial charge in [0.25, 0.3) is 0 Å². The largest absolute Gasteiger partial charge is 0.379 e. The van der Waals surface area contributed by atoms with Crippen molar-refractivity contribution in [2.75, 3.05) is 20.1 Å². The molecule has 0 amide bonds. The van der Waals surface area contributed by atoms with E-state index >= 15 is 0 Å². The summed E-state index contributed by atoms with van der Waals surface area (Å²) < 4.78 is 3.09. The van der Waals surface area contributed by atoms with E-state index in [0.717, 1.165) is 39.8 Å². The molecular weight excluding hydrogens is 392 g/mol. The molecule has 32 heavy (non-hydrogen) atoms. The highest BCUT2D eigenvalue weighted by atomic mass is 16.3. The number of likely N-dealkylation sites (tertiary alicyclic amines) is 1. The summed E-state index contributed by atoms with van der Waals surface area (Å²) in [4.78, 5) is 0. The lowest BCUT2D eigenvalue weighted by Gasteiger charge is -2.43. The number of rotatable bonds is 3. The molecular formula is C29H32N2O+2. The van der Waals surface area contributed by atoms with Gasteiger partial charge in [-0.25, -0.2) is 4.57 Å². The first-order chi connectivity index (χ1) is 15.5. The summed E-state index contributed by atoms with van der Waals surface area (Å²) in [6, 6.07) is 21.3. The molecule has 1 aromatic heterocycles. The summed E-state index contributed by atoms with van der Waals surface area (Å²) in [5.41, 5.74) is 4.56. The monoisotopic (exact) mass is 424 g/mol. The lowest BCUT2D eigenvalue weighted by Crippen LogP contribution is -2.50. The Balaban J connectivity index is 1.40. The van der Waals surface area contributed by atoms with Gasteiger partial charge < -0.3 is 9.59 Å². The van der Waals surface area contributed by atoms with Crippen LogP contribution >= 0.6 is 0 Å². The zero-order chi connectivity index (χ0) is 22.2. The molecule has 3 aromatic rings. The van der Waals surface area contributed by atoms with E-state index in [1.54, 1.807) is 0 Å². The fourth-order valence-electron chi connectivity index (χ4n) is 5.72. The van der Waals surface area contributed by atoms with Gasteiger partial charge in [-0.3, -0.25) is 0 Å². The van der Waals surface area contributed by atoms with Gasteiger partial charge in [0, 0.05) is 18.9 Å². The van der Waals surface area contributed by atoms with Crippen LogP contribution in [0.2, 0.25) is 0 Å². The third kappa shape index (κ3) is 3.54. The van der Waals surface area contributed by atoms with Crippen LogP contribution in [-0.4, -0.2) is 29.7 Å². The maximum Gasteiger partial charge on any atom is 0.177 e. The number of hydrogen-bond acceptors (Lipinski definition) is 1. The highest BCUT2D eigenvalue weighted by molar-refractivity contribution is 5.80. The Hall–Kier alpha value is -2.93. The van der Waals surface area contributed by atoms with E-state index in [1.165, 1.54) is 24.8 Å². The van der Waals surface area contributed by atoms with Gasteiger partial charge in [0.05, 0.1) is 19.2 Å². The summed E-state index contributed by atoms with van der Waals surface area (Å²) >= 11 is 0. The van der Waals surface area contributed by atoms with Crippen LogP contribution < -0.4 is 4.57 Å². The minimum atomic E-state index is -1.03. The molecule has 162 valence electrons. The molecule has 0 spiro atoms. The quantitative estimate of drug-likeness (QED) is 0.374. The van der Waals surface area contributed by atoms with Crippen LogP contribution in [0.5, 0.6) is 0 Å². The molecule has 2 atom stereocenters. The molecule has 2 aliphatic rings. The van der Waals surface area contributed by atoms with E-state index in [4.69, 9.17) is 0 Å². The van der Waals surface area contributed by atoms with Gasteiger partial charge in [-0.15, -0.1) is 0 Å². The van der Waals surface area contributed by atoms with Crippen molar-refractivity contribution in [1.29, 1.82) is 0 Å². The maximum absolute atomic E-state index is 11.7. The second-order valence-corrected chi connectivity index (χ2v) is 9.66. The number of aryl methyl sites for hydroxylation is 1. The predicted octanol–water partition coefficient (Wildman–Crippen LogP) is 4.49. The number of aliphatic hydroxyl groups is 1. The Labute approximate surface area is 191 Å². The highest BCUT2D eigenvalue weighted by Crippen LogP contribution is 2.48. The molecule has 0 bridgehead atoms. The van der Waals surface area contributed by atoms with Gasteiger partial charge in [-0.2, -0.15) is 0 Å². The van der Waals surface area contributed by atoms with Gasteiger partial charge in [0.2, 0.25) is 0 Å². The van der Waals surface area contributed by atoms with Crippen molar-refractivity contribution in [2.45, 2.75) is 37.3 Å². The van der Waals surface area contributed by atoms with Crippen LogP contribution in [-0.2, 0) is 12.6 Å². The van der Waals surface area contributed by atoms with E-state index in [9.17, 15) is 5.11 Å². The van der Waals surface area contributed by atoms with Crippen molar-refractivity contribution in [2.24, 2.45) is 7.05 Å². The third-order valence-electron chi connectivity index (χ3n) is 7.44. The van der Waals surface area contributed by atoms with E-state index in [2.05, 4.69) is 67.2 Å². The molecule has 1 fully saturated rings. The van der Waals surface area contributed by atoms with E-state index in [0.29, 0.717) is 12.5 Å². The summed E-state index contributed by atoms with van der Waals surface area (Å²) in [6.45, 7) is 1.95. The standard InChI is InChI=1S/C29H32N2O/c1-30-19-11-12-23(22-30)28-17-7-9-20-31(28,2)21-10-8-18-29(32)26-15-5-3-13-24(26)25-14-4-6-16-27(25)29/h3-6,11-16,19,22,28,32H,7,9,17-18,20-21H2,1-2H3/q+2. The third-order valence-corrected chi connectivity index (χ3v) is 7.44. The van der Waals surface area contributed by atoms with E-state index in [-0.39, 0.29) is 0 Å². The highest BCUT2D eigenvalue weighted by Gasteiger charge is 2.41. The smallest absolute Gasteiger partial charge is 0.177 e. The molecule has 0 saturated carbocycles. The van der Waals surface area contributed by atoms with Crippen LogP contribution in [0, 0.1) is 11.8 Å². The summed E-state index contributed by atoms with van der Waals surface area (Å²) in [6.07, 6.45) is 8.50. The van der Waals surface area contributed by atoms with E-state index in [1.807, 2.05) is 36.4 Å². The molecule has 2 aromatic carbocycles. The normalized spacial score (nSPS) is 23.0. The molecule has 2 unspecified atom stereocenters. The number of aromatic nitrogens is 1. The first-order valence-corrected chi connectivity index (χ1v) is 11.7. The van der Waals surface area contributed by atoms with Crippen molar-refractivity contribution in [3.8, 4) is 23.0 Å². The second kappa shape index (κ2) is 8.20. The number of piperidine rings is 1. The van der Waals surface area contributed by atoms with E-state index < -0.39 is 5.60 Å². The Bertz CT molecular complexity index is 1160. The Kier molecular flexibility index (Phi) is 5.37. The molecule has 1 saturated heterocycles. The Morgan fingerprint density at radius 3 is 2.34 bits per heavy atom. The second-order valence-electron chi connectivity index (χ2n) is 9.66. The molecule has 1 aliphatic heterocycles. The number of nitrogens with zero attached hydrogens (tertiary/aromatic N) is 2. The average molecular weight is 425 g/mol. The molecule has 2 heterocycles. The lowest BCUT2D eigenvalue weighted by atomic mass is 9.88. The van der Waals surface area contributed by atoms with Gasteiger partial charge in [-0.1, -0.05) is 54.5 Å². The Morgan fingerprint density at radius 1 is 0.969 bits per heavy atom. The SMILES string of the molecule is C[n+]1cccc(C2CCCC[N+]2(C)CC#CCC2(O)c3ccccc3-c3ccccc32)c1. The van der Waals surface area contributed by atoms with Gasteiger partial charge in [0.15, 0.2) is 12.4 Å². The molecule has 3 heteroatoms. The zero-order valence-electron chi connectivity index (χ0n) is 19.1. The Morgan fingerprint density at radius 2 is 1.66 bits per heavy atom. The topological polar surface area (TPSA) is 24.1 Å². The number of pyridine rings is 1. The molecule has 0 radical (unpaired) electrons. The zero-order valence-corrected chi connectivity index (χ0v) is 19.1. The van der Waals surface area contributed by atoms with Crippen LogP contribution in [0.3, 0.4) is 0 Å². The molecule has 5 rings (SSSR count). The molecule has 1 N–H and O–H groups in total. The fourth-order valence-corrected chi connectivity index (χ4v) is 5.72. The minimum Gasteiger partial charge on any atom is -0.379 e. The number of benzene rings is 2. The van der Waals surface area contributed by atoms with Gasteiger partial charge in [-0.05, 0) is 47.1 Å². The number of fused-ring (bicyclic) bond motifs is 3. The number of quaternary nitrogens is 1. The summed E-state index contributed by atoms with van der Waals surface area (Å²) in [7, 11) is 4.44. The summed E-state index contributed by atoms with van der Waals surface area (Å²) in [5, 5.41) is 11.7. The average Bonchev–Trinajstić information content (AvgIpc) is 3.06. The van der Waals surface area contributed by atoms with Crippen LogP contribution in [0.15, 0.2) is 73.1 Å². The molecule has 3 nitrogen and oxygen atoms in total. The lowest BCUT2D eigenvalue weighted by molar-refractivity contribution is -0.938. The maximum atomic E-state index is 11.7. The van der Waals surface area contributed by atoms with Crippen molar-refractivity contribution < 1.29 is 14.2 Å². The number of hydrogen-bond donors (Lipinski definition) is 1. The van der Waals surface area contributed by atoms with Crippen molar-refractivity contribution in [1.82, 2.24) is 0 Å². The first kappa shape index (κ1) is 20.9. The van der Waals surface area contributed by atoms with Gasteiger partial charge in [0.1, 0.15) is 25.2 Å². The van der Waals surface area contributed by atoms with Crippen molar-refractivity contribution >= 4 is 0 Å². The summed E-state index contributed by atoms with van der Waals surface area (Å²) in [5.74, 6) is 6.86. The van der Waals surface area contributed by atoms with Crippen LogP contribution in [0.1, 0.15) is 48.4 Å². The van der Waals surface area contributed by atoms with Crippen LogP contribution in [0.25, 0.3) is 11.1 Å². The first-order valence-electron chi connectivity index (χ1n) is 11.7. The molecule has 1 aliphatic carbocycles. The van der Waals surface area contributed by atoms with Crippen molar-refractivity contribution in [3.63, 3.8) is 0 Å². The van der Waals surface area contributed by atoms with Gasteiger partial charge >= 0.3 is 0 Å². The minimum absolute atomic E-state index is 0.423.